The maximum atomic E-state index is 12.2. The van der Waals surface area contributed by atoms with Crippen molar-refractivity contribution >= 4 is 5.78 Å². The van der Waals surface area contributed by atoms with Crippen molar-refractivity contribution in [2.24, 2.45) is 0 Å². The fourth-order valence-corrected chi connectivity index (χ4v) is 2.43. The Labute approximate surface area is 114 Å². The highest BCUT2D eigenvalue weighted by atomic mass is 16.3. The van der Waals surface area contributed by atoms with Crippen LogP contribution in [0.15, 0.2) is 34.7 Å². The molecule has 0 aliphatic heterocycles. The molecule has 100 valence electrons. The lowest BCUT2D eigenvalue weighted by Crippen LogP contribution is -2.02. The number of ketones is 1. The number of furan rings is 1. The zero-order valence-electron chi connectivity index (χ0n) is 11.8. The molecule has 1 heterocycles. The van der Waals surface area contributed by atoms with E-state index in [1.54, 1.807) is 0 Å². The summed E-state index contributed by atoms with van der Waals surface area (Å²) in [5.41, 5.74) is 3.06. The van der Waals surface area contributed by atoms with Crippen molar-refractivity contribution in [3.8, 4) is 0 Å². The molecule has 2 nitrogen and oxygen atoms in total. The van der Waals surface area contributed by atoms with Gasteiger partial charge in [0, 0.05) is 12.0 Å². The number of hydrogen-bond donors (Lipinski definition) is 0. The molecular formula is C17H20O2. The third-order valence-corrected chi connectivity index (χ3v) is 3.55. The Hall–Kier alpha value is -1.83. The first-order valence-corrected chi connectivity index (χ1v) is 6.73. The minimum Gasteiger partial charge on any atom is -0.466 e. The number of aryl methyl sites for hydroxylation is 3. The lowest BCUT2D eigenvalue weighted by Gasteiger charge is -2.02. The summed E-state index contributed by atoms with van der Waals surface area (Å²) < 4.78 is 5.51. The number of carbonyl (C=O) groups is 1. The minimum absolute atomic E-state index is 0.197. The van der Waals surface area contributed by atoms with Crippen LogP contribution in [0.5, 0.6) is 0 Å². The van der Waals surface area contributed by atoms with Crippen LogP contribution in [0.3, 0.4) is 0 Å². The first-order valence-electron chi connectivity index (χ1n) is 6.73. The molecule has 0 amide bonds. The molecule has 0 radical (unpaired) electrons. The standard InChI is InChI=1S/C17H20O2/c1-12-13(2)19-14(3)17(12)16(18)11-7-10-15-8-5-4-6-9-15/h4-6,8-9H,7,10-11H2,1-3H3. The molecule has 0 spiro atoms. The predicted octanol–water partition coefficient (Wildman–Crippen LogP) is 4.41. The van der Waals surface area contributed by atoms with Crippen molar-refractivity contribution in [2.45, 2.75) is 40.0 Å². The quantitative estimate of drug-likeness (QED) is 0.742. The van der Waals surface area contributed by atoms with Crippen molar-refractivity contribution in [2.75, 3.05) is 0 Å². The predicted molar refractivity (Wildman–Crippen MR) is 76.6 cm³/mol. The van der Waals surface area contributed by atoms with Crippen LogP contribution in [-0.2, 0) is 6.42 Å². The average molecular weight is 256 g/mol. The summed E-state index contributed by atoms with van der Waals surface area (Å²) in [5.74, 6) is 1.80. The first kappa shape index (κ1) is 13.6. The second kappa shape index (κ2) is 5.87. The van der Waals surface area contributed by atoms with Crippen LogP contribution >= 0.6 is 0 Å². The average Bonchev–Trinajstić information content (AvgIpc) is 2.64. The molecule has 19 heavy (non-hydrogen) atoms. The monoisotopic (exact) mass is 256 g/mol. The molecule has 0 aliphatic carbocycles. The van der Waals surface area contributed by atoms with Gasteiger partial charge in [0.05, 0.1) is 5.56 Å². The van der Waals surface area contributed by atoms with Crippen LogP contribution < -0.4 is 0 Å². The molecule has 0 aliphatic rings. The van der Waals surface area contributed by atoms with Crippen LogP contribution in [0.1, 0.15) is 45.8 Å². The van der Waals surface area contributed by atoms with E-state index in [2.05, 4.69) is 12.1 Å². The van der Waals surface area contributed by atoms with Crippen molar-refractivity contribution in [1.29, 1.82) is 0 Å². The first-order chi connectivity index (χ1) is 9.09. The highest BCUT2D eigenvalue weighted by Crippen LogP contribution is 2.22. The van der Waals surface area contributed by atoms with E-state index < -0.39 is 0 Å². The molecule has 0 bridgehead atoms. The molecule has 0 unspecified atom stereocenters. The zero-order chi connectivity index (χ0) is 13.8. The van der Waals surface area contributed by atoms with Gasteiger partial charge in [-0.05, 0) is 39.2 Å². The lowest BCUT2D eigenvalue weighted by atomic mass is 10.00. The van der Waals surface area contributed by atoms with Crippen LogP contribution in [0.2, 0.25) is 0 Å². The number of carbonyl (C=O) groups excluding carboxylic acids is 1. The van der Waals surface area contributed by atoms with E-state index in [-0.39, 0.29) is 5.78 Å². The summed E-state index contributed by atoms with van der Waals surface area (Å²) in [5, 5.41) is 0. The fourth-order valence-electron chi connectivity index (χ4n) is 2.43. The Morgan fingerprint density at radius 1 is 1.05 bits per heavy atom. The summed E-state index contributed by atoms with van der Waals surface area (Å²) in [6.45, 7) is 5.73. The Kier molecular flexibility index (Phi) is 4.20. The maximum Gasteiger partial charge on any atom is 0.166 e. The maximum absolute atomic E-state index is 12.2. The number of rotatable bonds is 5. The zero-order valence-corrected chi connectivity index (χ0v) is 11.8. The van der Waals surface area contributed by atoms with E-state index in [1.807, 2.05) is 39.0 Å². The molecular weight excluding hydrogens is 236 g/mol. The van der Waals surface area contributed by atoms with Crippen LogP contribution in [0.25, 0.3) is 0 Å². The number of benzene rings is 1. The van der Waals surface area contributed by atoms with E-state index >= 15 is 0 Å². The van der Waals surface area contributed by atoms with Crippen LogP contribution in [-0.4, -0.2) is 5.78 Å². The highest BCUT2D eigenvalue weighted by molar-refractivity contribution is 5.98. The highest BCUT2D eigenvalue weighted by Gasteiger charge is 2.17. The smallest absolute Gasteiger partial charge is 0.166 e. The fraction of sp³-hybridized carbons (Fsp3) is 0.353. The molecule has 2 heteroatoms. The van der Waals surface area contributed by atoms with Gasteiger partial charge in [0.2, 0.25) is 0 Å². The molecule has 0 N–H and O–H groups in total. The van der Waals surface area contributed by atoms with Crippen molar-refractivity contribution in [3.05, 3.63) is 58.5 Å². The molecule has 2 aromatic rings. The summed E-state index contributed by atoms with van der Waals surface area (Å²) >= 11 is 0. The summed E-state index contributed by atoms with van der Waals surface area (Å²) in [4.78, 5) is 12.2. The molecule has 1 aromatic heterocycles. The molecule has 0 fully saturated rings. The van der Waals surface area contributed by atoms with E-state index in [0.29, 0.717) is 6.42 Å². The van der Waals surface area contributed by atoms with E-state index in [1.165, 1.54) is 5.56 Å². The Bertz CT molecular complexity index is 564. The van der Waals surface area contributed by atoms with Crippen molar-refractivity contribution in [1.82, 2.24) is 0 Å². The Morgan fingerprint density at radius 3 is 2.32 bits per heavy atom. The molecule has 0 saturated carbocycles. The SMILES string of the molecule is Cc1oc(C)c(C(=O)CCCc2ccccc2)c1C. The third kappa shape index (κ3) is 3.14. The van der Waals surface area contributed by atoms with Gasteiger partial charge in [-0.25, -0.2) is 0 Å². The topological polar surface area (TPSA) is 30.2 Å². The molecule has 2 rings (SSSR count). The lowest BCUT2D eigenvalue weighted by molar-refractivity contribution is 0.0978. The van der Waals surface area contributed by atoms with Gasteiger partial charge in [0.15, 0.2) is 5.78 Å². The van der Waals surface area contributed by atoms with Crippen molar-refractivity contribution in [3.63, 3.8) is 0 Å². The van der Waals surface area contributed by atoms with Gasteiger partial charge in [0.1, 0.15) is 11.5 Å². The van der Waals surface area contributed by atoms with Gasteiger partial charge >= 0.3 is 0 Å². The largest absolute Gasteiger partial charge is 0.466 e. The van der Waals surface area contributed by atoms with E-state index in [0.717, 1.165) is 35.5 Å². The molecule has 1 aromatic carbocycles. The number of hydrogen-bond acceptors (Lipinski definition) is 2. The van der Waals surface area contributed by atoms with Gasteiger partial charge in [0.25, 0.3) is 0 Å². The van der Waals surface area contributed by atoms with Crippen molar-refractivity contribution < 1.29 is 9.21 Å². The minimum atomic E-state index is 0.197. The Morgan fingerprint density at radius 2 is 1.74 bits per heavy atom. The van der Waals surface area contributed by atoms with E-state index in [9.17, 15) is 4.79 Å². The summed E-state index contributed by atoms with van der Waals surface area (Å²) in [6, 6.07) is 10.3. The van der Waals surface area contributed by atoms with Gasteiger partial charge < -0.3 is 4.42 Å². The summed E-state index contributed by atoms with van der Waals surface area (Å²) in [6.07, 6.45) is 2.41. The molecule has 0 atom stereocenters. The van der Waals surface area contributed by atoms with Gasteiger partial charge in [-0.2, -0.15) is 0 Å². The normalized spacial score (nSPS) is 10.7. The second-order valence-corrected chi connectivity index (χ2v) is 4.98. The summed E-state index contributed by atoms with van der Waals surface area (Å²) in [7, 11) is 0. The van der Waals surface area contributed by atoms with Gasteiger partial charge in [-0.1, -0.05) is 30.3 Å². The number of Topliss-reactive ketones (excluding diaryl/α,β-unsaturated/α-hetero) is 1. The van der Waals surface area contributed by atoms with Gasteiger partial charge in [-0.3, -0.25) is 4.79 Å². The second-order valence-electron chi connectivity index (χ2n) is 4.98. The van der Waals surface area contributed by atoms with Crippen LogP contribution in [0.4, 0.5) is 0 Å². The third-order valence-electron chi connectivity index (χ3n) is 3.55. The van der Waals surface area contributed by atoms with E-state index in [4.69, 9.17) is 4.42 Å². The van der Waals surface area contributed by atoms with Gasteiger partial charge in [-0.15, -0.1) is 0 Å². The van der Waals surface area contributed by atoms with Crippen LogP contribution in [0, 0.1) is 20.8 Å². The Balaban J connectivity index is 1.95. The molecule has 0 saturated heterocycles.